The van der Waals surface area contributed by atoms with Crippen molar-refractivity contribution in [2.75, 3.05) is 32.3 Å². The fraction of sp³-hybridized carbons (Fsp3) is 0.394. The van der Waals surface area contributed by atoms with Crippen molar-refractivity contribution in [3.63, 3.8) is 0 Å². The molecule has 0 radical (unpaired) electrons. The van der Waals surface area contributed by atoms with Crippen LogP contribution in [-0.4, -0.2) is 55.2 Å². The molecule has 10 nitrogen and oxygen atoms in total. The molecule has 0 aliphatic carbocycles. The Hall–Kier alpha value is -4.38. The van der Waals surface area contributed by atoms with Crippen LogP contribution >= 0.6 is 11.3 Å². The zero-order valence-corrected chi connectivity index (χ0v) is 26.5. The Morgan fingerprint density at radius 1 is 0.955 bits per heavy atom. The van der Waals surface area contributed by atoms with E-state index in [-0.39, 0.29) is 21.3 Å². The standard InChI is InChI=1S/C33H38N2O8S/c1-6-8-10-18-43-24-16-13-22(19-25(24)40-4)27-26(28(36)21-11-14-23(15-12-21)42-17-9-7-2)29(37)31(38)35(27)33-34-20(3)30(44-33)32(39)41-5/h11-16,19,27,36H,6-10,17-18H2,1-5H3/t27-/m1/s1. The van der Waals surface area contributed by atoms with Crippen LogP contribution in [-0.2, 0) is 14.3 Å². The smallest absolute Gasteiger partial charge is 0.350 e. The molecule has 4 rings (SSSR count). The molecule has 3 aromatic rings. The third kappa shape index (κ3) is 6.88. The van der Waals surface area contributed by atoms with Gasteiger partial charge in [0.05, 0.1) is 44.7 Å². The van der Waals surface area contributed by atoms with Crippen molar-refractivity contribution in [1.82, 2.24) is 4.98 Å². The van der Waals surface area contributed by atoms with Crippen molar-refractivity contribution < 1.29 is 38.4 Å². The lowest BCUT2D eigenvalue weighted by Gasteiger charge is -2.24. The lowest BCUT2D eigenvalue weighted by atomic mass is 9.95. The molecule has 11 heteroatoms. The van der Waals surface area contributed by atoms with Crippen molar-refractivity contribution >= 4 is 39.9 Å². The van der Waals surface area contributed by atoms with Crippen LogP contribution in [0.15, 0.2) is 48.0 Å². The summed E-state index contributed by atoms with van der Waals surface area (Å²) < 4.78 is 22.2. The number of nitrogens with zero attached hydrogens (tertiary/aromatic N) is 2. The maximum Gasteiger partial charge on any atom is 0.350 e. The topological polar surface area (TPSA) is 124 Å². The highest BCUT2D eigenvalue weighted by Crippen LogP contribution is 2.45. The number of benzene rings is 2. The first-order valence-corrected chi connectivity index (χ1v) is 15.5. The number of Topliss-reactive ketones (excluding diaryl/α,β-unsaturated/α-hetero) is 1. The van der Waals surface area contributed by atoms with Crippen molar-refractivity contribution in [2.45, 2.75) is 58.9 Å². The first-order chi connectivity index (χ1) is 21.2. The Labute approximate surface area is 261 Å². The molecular formula is C33H38N2O8S. The molecule has 1 aromatic heterocycles. The van der Waals surface area contributed by atoms with E-state index in [1.807, 2.05) is 0 Å². The average molecular weight is 623 g/mol. The molecule has 0 unspecified atom stereocenters. The van der Waals surface area contributed by atoms with E-state index in [2.05, 4.69) is 18.8 Å². The first kappa shape index (κ1) is 32.5. The molecule has 234 valence electrons. The average Bonchev–Trinajstić information content (AvgIpc) is 3.54. The van der Waals surface area contributed by atoms with Gasteiger partial charge in [-0.3, -0.25) is 14.5 Å². The summed E-state index contributed by atoms with van der Waals surface area (Å²) in [4.78, 5) is 45.5. The van der Waals surface area contributed by atoms with Crippen molar-refractivity contribution in [3.8, 4) is 17.2 Å². The highest BCUT2D eigenvalue weighted by Gasteiger charge is 2.48. The van der Waals surface area contributed by atoms with Gasteiger partial charge in [0.15, 0.2) is 16.6 Å². The van der Waals surface area contributed by atoms with Gasteiger partial charge in [-0.05, 0) is 61.7 Å². The molecule has 1 atom stereocenters. The fourth-order valence-corrected chi connectivity index (χ4v) is 5.83. The highest BCUT2D eigenvalue weighted by atomic mass is 32.1. The number of esters is 1. The zero-order valence-electron chi connectivity index (χ0n) is 25.7. The summed E-state index contributed by atoms with van der Waals surface area (Å²) in [6, 6.07) is 10.7. The van der Waals surface area contributed by atoms with Gasteiger partial charge in [0.25, 0.3) is 5.78 Å². The summed E-state index contributed by atoms with van der Waals surface area (Å²) in [5, 5.41) is 11.7. The molecule has 1 aliphatic heterocycles. The number of thiazole rings is 1. The lowest BCUT2D eigenvalue weighted by Crippen LogP contribution is -2.29. The molecule has 2 heterocycles. The number of aliphatic hydroxyl groups excluding tert-OH is 1. The number of rotatable bonds is 14. The molecule has 1 N–H and O–H groups in total. The largest absolute Gasteiger partial charge is 0.507 e. The quantitative estimate of drug-likeness (QED) is 0.0694. The predicted octanol–water partition coefficient (Wildman–Crippen LogP) is 6.62. The maximum atomic E-state index is 13.6. The van der Waals surface area contributed by atoms with Crippen LogP contribution in [0.2, 0.25) is 0 Å². The number of aromatic nitrogens is 1. The van der Waals surface area contributed by atoms with Gasteiger partial charge in [-0.15, -0.1) is 0 Å². The molecular weight excluding hydrogens is 584 g/mol. The molecule has 2 aromatic carbocycles. The highest BCUT2D eigenvalue weighted by molar-refractivity contribution is 7.17. The van der Waals surface area contributed by atoms with Crippen LogP contribution in [0.4, 0.5) is 5.13 Å². The monoisotopic (exact) mass is 622 g/mol. The molecule has 0 saturated carbocycles. The number of amides is 1. The second-order valence-electron chi connectivity index (χ2n) is 10.3. The maximum absolute atomic E-state index is 13.6. The first-order valence-electron chi connectivity index (χ1n) is 14.7. The fourth-order valence-electron chi connectivity index (χ4n) is 4.82. The number of unbranched alkanes of at least 4 members (excludes halogenated alkanes) is 3. The van der Waals surface area contributed by atoms with Gasteiger partial charge in [-0.25, -0.2) is 9.78 Å². The van der Waals surface area contributed by atoms with E-state index in [9.17, 15) is 19.5 Å². The van der Waals surface area contributed by atoms with E-state index < -0.39 is 23.7 Å². The molecule has 1 saturated heterocycles. The van der Waals surface area contributed by atoms with Gasteiger partial charge in [0.1, 0.15) is 16.4 Å². The minimum Gasteiger partial charge on any atom is -0.507 e. The van der Waals surface area contributed by atoms with E-state index in [1.165, 1.54) is 19.1 Å². The molecule has 44 heavy (non-hydrogen) atoms. The number of ketones is 1. The summed E-state index contributed by atoms with van der Waals surface area (Å²) >= 11 is 0.934. The predicted molar refractivity (Wildman–Crippen MR) is 168 cm³/mol. The van der Waals surface area contributed by atoms with Crippen LogP contribution in [0.1, 0.15) is 78.5 Å². The van der Waals surface area contributed by atoms with Gasteiger partial charge >= 0.3 is 11.9 Å². The van der Waals surface area contributed by atoms with Gasteiger partial charge < -0.3 is 24.1 Å². The normalized spacial score (nSPS) is 15.8. The number of aryl methyl sites for hydroxylation is 1. The number of hydrogen-bond donors (Lipinski definition) is 1. The SMILES string of the molecule is CCCCCOc1ccc([C@@H]2C(=C(O)c3ccc(OCCCC)cc3)C(=O)C(=O)N2c2nc(C)c(C(=O)OC)s2)cc1OC. The van der Waals surface area contributed by atoms with Crippen LogP contribution < -0.4 is 19.1 Å². The molecule has 1 aliphatic rings. The summed E-state index contributed by atoms with van der Waals surface area (Å²) in [6.45, 7) is 6.88. The van der Waals surface area contributed by atoms with Gasteiger partial charge in [0.2, 0.25) is 0 Å². The number of aliphatic hydroxyl groups is 1. The minimum atomic E-state index is -1.07. The number of anilines is 1. The number of ether oxygens (including phenoxy) is 4. The van der Waals surface area contributed by atoms with Gasteiger partial charge in [-0.2, -0.15) is 0 Å². The minimum absolute atomic E-state index is 0.118. The number of carbonyl (C=O) groups excluding carboxylic acids is 3. The Morgan fingerprint density at radius 2 is 1.66 bits per heavy atom. The van der Waals surface area contributed by atoms with Crippen LogP contribution in [0, 0.1) is 6.92 Å². The Morgan fingerprint density at radius 3 is 2.32 bits per heavy atom. The third-order valence-electron chi connectivity index (χ3n) is 7.21. The number of methoxy groups -OCH3 is 2. The third-order valence-corrected chi connectivity index (χ3v) is 8.35. The van der Waals surface area contributed by atoms with Crippen LogP contribution in [0.25, 0.3) is 5.76 Å². The van der Waals surface area contributed by atoms with E-state index in [0.717, 1.165) is 43.4 Å². The van der Waals surface area contributed by atoms with Crippen molar-refractivity contribution in [2.24, 2.45) is 0 Å². The van der Waals surface area contributed by atoms with Gasteiger partial charge in [-0.1, -0.05) is 50.5 Å². The van der Waals surface area contributed by atoms with E-state index >= 15 is 0 Å². The summed E-state index contributed by atoms with van der Waals surface area (Å²) in [5.74, 6) is -1.19. The Balaban J connectivity index is 1.82. The van der Waals surface area contributed by atoms with Crippen molar-refractivity contribution in [3.05, 3.63) is 69.7 Å². The zero-order chi connectivity index (χ0) is 31.8. The second kappa shape index (κ2) is 14.9. The Bertz CT molecular complexity index is 1530. The lowest BCUT2D eigenvalue weighted by molar-refractivity contribution is -0.132. The second-order valence-corrected chi connectivity index (χ2v) is 11.2. The molecule has 0 spiro atoms. The summed E-state index contributed by atoms with van der Waals surface area (Å²) in [5.41, 5.74) is 1.05. The Kier molecular flexibility index (Phi) is 11.0. The van der Waals surface area contributed by atoms with Crippen molar-refractivity contribution in [1.29, 1.82) is 0 Å². The number of carbonyl (C=O) groups is 3. The number of hydrogen-bond acceptors (Lipinski definition) is 10. The molecule has 0 bridgehead atoms. The van der Waals surface area contributed by atoms with Gasteiger partial charge in [0, 0.05) is 5.56 Å². The molecule has 1 amide bonds. The van der Waals surface area contributed by atoms with Crippen LogP contribution in [0.3, 0.4) is 0 Å². The van der Waals surface area contributed by atoms with E-state index in [1.54, 1.807) is 49.4 Å². The summed E-state index contributed by atoms with van der Waals surface area (Å²) in [6.07, 6.45) is 4.87. The van der Waals surface area contributed by atoms with E-state index in [4.69, 9.17) is 18.9 Å². The van der Waals surface area contributed by atoms with Crippen LogP contribution in [0.5, 0.6) is 17.2 Å². The van der Waals surface area contributed by atoms with E-state index in [0.29, 0.717) is 47.3 Å². The molecule has 1 fully saturated rings. The summed E-state index contributed by atoms with van der Waals surface area (Å²) in [7, 11) is 2.76.